The summed E-state index contributed by atoms with van der Waals surface area (Å²) in [6.45, 7) is 0.0925. The Hall–Kier alpha value is -5.70. The van der Waals surface area contributed by atoms with Gasteiger partial charge in [-0.3, -0.25) is 14.0 Å². The fourth-order valence-corrected chi connectivity index (χ4v) is 4.79. The van der Waals surface area contributed by atoms with Crippen molar-refractivity contribution in [1.29, 1.82) is 0 Å². The summed E-state index contributed by atoms with van der Waals surface area (Å²) in [6.07, 6.45) is 1.38. The highest BCUT2D eigenvalue weighted by atomic mass is 19.1. The van der Waals surface area contributed by atoms with Gasteiger partial charge in [-0.1, -0.05) is 42.5 Å². The molecule has 0 unspecified atom stereocenters. The number of benzene rings is 4. The minimum Gasteiger partial charge on any atom is -0.478 e. The van der Waals surface area contributed by atoms with Crippen molar-refractivity contribution >= 4 is 34.1 Å². The van der Waals surface area contributed by atoms with Crippen molar-refractivity contribution in [3.05, 3.63) is 143 Å². The lowest BCUT2D eigenvalue weighted by Crippen LogP contribution is -2.26. The first-order valence-corrected chi connectivity index (χ1v) is 12.9. The van der Waals surface area contributed by atoms with Gasteiger partial charge in [0.1, 0.15) is 28.7 Å². The highest BCUT2D eigenvalue weighted by Gasteiger charge is 2.21. The first-order chi connectivity index (χ1) is 20.3. The van der Waals surface area contributed by atoms with Gasteiger partial charge in [0.2, 0.25) is 5.78 Å². The van der Waals surface area contributed by atoms with E-state index in [2.05, 4.69) is 10.3 Å². The van der Waals surface area contributed by atoms with Crippen molar-refractivity contribution in [1.82, 2.24) is 14.7 Å². The zero-order chi connectivity index (χ0) is 29.4. The van der Waals surface area contributed by atoms with Crippen LogP contribution in [0.1, 0.15) is 42.5 Å². The second kappa shape index (κ2) is 10.7. The van der Waals surface area contributed by atoms with E-state index in [0.717, 1.165) is 5.39 Å². The Morgan fingerprint density at radius 3 is 2.14 bits per heavy atom. The number of halogens is 2. The summed E-state index contributed by atoms with van der Waals surface area (Å²) in [6, 6.07) is 24.4. The number of ketones is 1. The Kier molecular flexibility index (Phi) is 6.76. The van der Waals surface area contributed by atoms with Crippen molar-refractivity contribution < 1.29 is 28.3 Å². The molecule has 0 atom stereocenters. The van der Waals surface area contributed by atoms with E-state index < -0.39 is 29.3 Å². The highest BCUT2D eigenvalue weighted by molar-refractivity contribution is 6.11. The number of pyridine rings is 1. The summed E-state index contributed by atoms with van der Waals surface area (Å²) in [5.41, 5.74) is 2.88. The third-order valence-electron chi connectivity index (χ3n) is 6.97. The lowest BCUT2D eigenvalue weighted by Gasteiger charge is -2.13. The molecular weight excluding hydrogens is 540 g/mol. The molecule has 0 radical (unpaired) electrons. The van der Waals surface area contributed by atoms with Gasteiger partial charge in [0, 0.05) is 12.1 Å². The number of nitrogens with zero attached hydrogens (tertiary/aromatic N) is 2. The molecule has 7 nitrogen and oxygen atoms in total. The SMILES string of the molecule is O=C(O)c1ccc(CNC(=O)c2cc(-c3ccc(F)cc3)cc3ncc(C(=O)c4ccc5ccc(F)cc5c4)n23)cc1. The van der Waals surface area contributed by atoms with Crippen LogP contribution in [0.25, 0.3) is 27.5 Å². The predicted octanol–water partition coefficient (Wildman–Crippen LogP) is 6.29. The molecule has 0 bridgehead atoms. The number of carboxylic acids is 1. The minimum atomic E-state index is -1.06. The molecule has 206 valence electrons. The number of imidazole rings is 1. The summed E-state index contributed by atoms with van der Waals surface area (Å²) >= 11 is 0. The number of rotatable bonds is 7. The maximum atomic E-state index is 13.9. The van der Waals surface area contributed by atoms with Gasteiger partial charge in [-0.15, -0.1) is 0 Å². The van der Waals surface area contributed by atoms with Gasteiger partial charge in [0.05, 0.1) is 11.8 Å². The van der Waals surface area contributed by atoms with Gasteiger partial charge in [0.25, 0.3) is 5.91 Å². The number of nitrogens with one attached hydrogen (secondary N) is 1. The molecule has 0 saturated carbocycles. The van der Waals surface area contributed by atoms with Crippen LogP contribution in [0, 0.1) is 11.6 Å². The molecule has 0 aliphatic carbocycles. The van der Waals surface area contributed by atoms with Gasteiger partial charge in [0.15, 0.2) is 0 Å². The second-order valence-electron chi connectivity index (χ2n) is 9.69. The van der Waals surface area contributed by atoms with Crippen LogP contribution in [0.3, 0.4) is 0 Å². The molecule has 2 heterocycles. The zero-order valence-corrected chi connectivity index (χ0v) is 21.8. The number of carbonyl (C=O) groups is 3. The number of aromatic nitrogens is 2. The predicted molar refractivity (Wildman–Crippen MR) is 152 cm³/mol. The van der Waals surface area contributed by atoms with Crippen LogP contribution >= 0.6 is 0 Å². The molecule has 2 N–H and O–H groups in total. The Morgan fingerprint density at radius 1 is 0.714 bits per heavy atom. The number of hydrogen-bond acceptors (Lipinski definition) is 4. The lowest BCUT2D eigenvalue weighted by atomic mass is 10.0. The van der Waals surface area contributed by atoms with Crippen LogP contribution in [0.2, 0.25) is 0 Å². The van der Waals surface area contributed by atoms with E-state index in [9.17, 15) is 23.2 Å². The third-order valence-corrected chi connectivity index (χ3v) is 6.97. The van der Waals surface area contributed by atoms with E-state index in [1.165, 1.54) is 47.0 Å². The van der Waals surface area contributed by atoms with Crippen LogP contribution in [0.15, 0.2) is 103 Å². The first kappa shape index (κ1) is 26.5. The van der Waals surface area contributed by atoms with E-state index in [1.54, 1.807) is 60.7 Å². The Labute approximate surface area is 237 Å². The number of fused-ring (bicyclic) bond motifs is 2. The van der Waals surface area contributed by atoms with Gasteiger partial charge in [-0.05, 0) is 82.1 Å². The molecule has 0 spiro atoms. The standard InChI is InChI=1S/C33H21F2N3O4/c34-26-10-7-21(8-11-26)25-15-28(32(40)37-17-19-1-3-22(4-2-19)33(41)42)38-29(18-36-30(38)16-25)31(39)23-6-5-20-9-12-27(35)14-24(20)13-23/h1-16,18H,17H2,(H,37,40)(H,41,42). The molecular formula is C33H21F2N3O4. The van der Waals surface area contributed by atoms with Crippen molar-refractivity contribution in [3.8, 4) is 11.1 Å². The smallest absolute Gasteiger partial charge is 0.335 e. The van der Waals surface area contributed by atoms with E-state index in [-0.39, 0.29) is 23.5 Å². The maximum Gasteiger partial charge on any atom is 0.335 e. The normalized spacial score (nSPS) is 11.1. The molecule has 1 amide bonds. The monoisotopic (exact) mass is 561 g/mol. The van der Waals surface area contributed by atoms with Crippen molar-refractivity contribution in [3.63, 3.8) is 0 Å². The van der Waals surface area contributed by atoms with E-state index in [1.807, 2.05) is 0 Å². The van der Waals surface area contributed by atoms with Crippen LogP contribution in [-0.4, -0.2) is 32.2 Å². The van der Waals surface area contributed by atoms with E-state index in [4.69, 9.17) is 5.11 Å². The maximum absolute atomic E-state index is 13.9. The molecule has 0 aliphatic rings. The highest BCUT2D eigenvalue weighted by Crippen LogP contribution is 2.26. The third kappa shape index (κ3) is 5.11. The topological polar surface area (TPSA) is 101 Å². The van der Waals surface area contributed by atoms with Crippen LogP contribution in [0.5, 0.6) is 0 Å². The summed E-state index contributed by atoms with van der Waals surface area (Å²) in [4.78, 5) is 42.9. The van der Waals surface area contributed by atoms with Gasteiger partial charge in [-0.25, -0.2) is 18.6 Å². The average Bonchev–Trinajstić information content (AvgIpc) is 3.43. The molecule has 0 saturated heterocycles. The quantitative estimate of drug-likeness (QED) is 0.223. The van der Waals surface area contributed by atoms with Crippen molar-refractivity contribution in [2.75, 3.05) is 0 Å². The summed E-state index contributed by atoms with van der Waals surface area (Å²) in [5, 5.41) is 13.3. The van der Waals surface area contributed by atoms with E-state index in [0.29, 0.717) is 33.3 Å². The molecule has 42 heavy (non-hydrogen) atoms. The number of carboxylic acid groups (broad SMARTS) is 1. The Balaban J connectivity index is 1.41. The molecule has 6 rings (SSSR count). The van der Waals surface area contributed by atoms with E-state index >= 15 is 0 Å². The molecule has 0 fully saturated rings. The van der Waals surface area contributed by atoms with Gasteiger partial charge >= 0.3 is 5.97 Å². The van der Waals surface area contributed by atoms with Crippen LogP contribution < -0.4 is 5.32 Å². The molecule has 0 aliphatic heterocycles. The summed E-state index contributed by atoms with van der Waals surface area (Å²) in [7, 11) is 0. The van der Waals surface area contributed by atoms with Crippen molar-refractivity contribution in [2.45, 2.75) is 6.54 Å². The molecule has 6 aromatic rings. The first-order valence-electron chi connectivity index (χ1n) is 12.9. The average molecular weight is 562 g/mol. The number of amides is 1. The molecule has 9 heteroatoms. The van der Waals surface area contributed by atoms with Crippen LogP contribution in [-0.2, 0) is 6.54 Å². The van der Waals surface area contributed by atoms with Crippen LogP contribution in [0.4, 0.5) is 8.78 Å². The number of carbonyl (C=O) groups excluding carboxylic acids is 2. The largest absolute Gasteiger partial charge is 0.478 e. The zero-order valence-electron chi connectivity index (χ0n) is 21.8. The summed E-state index contributed by atoms with van der Waals surface area (Å²) in [5.74, 6) is -2.82. The van der Waals surface area contributed by atoms with Gasteiger partial charge in [-0.2, -0.15) is 0 Å². The number of aromatic carboxylic acids is 1. The minimum absolute atomic E-state index is 0.0925. The fraction of sp³-hybridized carbons (Fsp3) is 0.0303. The molecule has 4 aromatic carbocycles. The molecule has 2 aromatic heterocycles. The Morgan fingerprint density at radius 2 is 1.40 bits per heavy atom. The van der Waals surface area contributed by atoms with Gasteiger partial charge < -0.3 is 10.4 Å². The van der Waals surface area contributed by atoms with Crippen molar-refractivity contribution in [2.24, 2.45) is 0 Å². The number of hydrogen-bond donors (Lipinski definition) is 2. The fourth-order valence-electron chi connectivity index (χ4n) is 4.79. The lowest BCUT2D eigenvalue weighted by molar-refractivity contribution is 0.0696. The second-order valence-corrected chi connectivity index (χ2v) is 9.69. The summed E-state index contributed by atoms with van der Waals surface area (Å²) < 4.78 is 28.9. The Bertz CT molecular complexity index is 2020.